The van der Waals surface area contributed by atoms with Crippen LogP contribution in [0.3, 0.4) is 0 Å². The van der Waals surface area contributed by atoms with Gasteiger partial charge in [-0.15, -0.1) is 0 Å². The zero-order valence-corrected chi connectivity index (χ0v) is 13.4. The Morgan fingerprint density at radius 3 is 2.62 bits per heavy atom. The number of carbonyl (C=O) groups is 1. The minimum atomic E-state index is -0.637. The van der Waals surface area contributed by atoms with Crippen molar-refractivity contribution in [3.05, 3.63) is 57.3 Å². The molecule has 1 aliphatic carbocycles. The van der Waals surface area contributed by atoms with Gasteiger partial charge in [0, 0.05) is 11.3 Å². The normalized spacial score (nSPS) is 13.2. The Kier molecular flexibility index (Phi) is 4.55. The zero-order chi connectivity index (χ0) is 17.1. The van der Waals surface area contributed by atoms with Gasteiger partial charge in [-0.1, -0.05) is 30.3 Å². The first-order valence-corrected chi connectivity index (χ1v) is 8.06. The van der Waals surface area contributed by atoms with Crippen LogP contribution in [0.25, 0.3) is 11.3 Å². The molecule has 0 N–H and O–H groups in total. The molecule has 0 spiro atoms. The Bertz CT molecular complexity index is 787. The van der Waals surface area contributed by atoms with E-state index >= 15 is 0 Å². The molecule has 6 nitrogen and oxygen atoms in total. The summed E-state index contributed by atoms with van der Waals surface area (Å²) in [6.07, 6.45) is 3.20. The molecule has 0 fully saturated rings. The van der Waals surface area contributed by atoms with Crippen LogP contribution in [0.4, 0.5) is 5.69 Å². The van der Waals surface area contributed by atoms with Crippen molar-refractivity contribution in [2.24, 2.45) is 0 Å². The van der Waals surface area contributed by atoms with Crippen molar-refractivity contribution in [3.8, 4) is 11.3 Å². The molecule has 2 aromatic rings. The first-order chi connectivity index (χ1) is 11.6. The van der Waals surface area contributed by atoms with E-state index in [1.807, 2.05) is 6.07 Å². The Morgan fingerprint density at radius 2 is 1.96 bits per heavy atom. The van der Waals surface area contributed by atoms with Crippen LogP contribution in [-0.2, 0) is 17.6 Å². The molecule has 3 rings (SSSR count). The fourth-order valence-electron chi connectivity index (χ4n) is 3.13. The molecule has 0 amide bonds. The van der Waals surface area contributed by atoms with Crippen LogP contribution in [0.15, 0.2) is 30.3 Å². The van der Waals surface area contributed by atoms with E-state index in [2.05, 4.69) is 4.98 Å². The third-order valence-corrected chi connectivity index (χ3v) is 4.16. The van der Waals surface area contributed by atoms with E-state index in [1.54, 1.807) is 31.2 Å². The number of benzene rings is 1. The Balaban J connectivity index is 2.32. The van der Waals surface area contributed by atoms with E-state index in [0.29, 0.717) is 17.5 Å². The molecule has 1 aromatic carbocycles. The smallest absolute Gasteiger partial charge is 0.345 e. The van der Waals surface area contributed by atoms with Gasteiger partial charge in [0.05, 0.1) is 11.5 Å². The number of aromatic nitrogens is 1. The van der Waals surface area contributed by atoms with Crippen molar-refractivity contribution in [3.63, 3.8) is 0 Å². The van der Waals surface area contributed by atoms with Gasteiger partial charge in [-0.3, -0.25) is 10.1 Å². The molecule has 0 unspecified atom stereocenters. The number of rotatable bonds is 4. The number of hydrogen-bond acceptors (Lipinski definition) is 5. The molecule has 0 radical (unpaired) electrons. The SMILES string of the molecule is CCOC(=O)c1c2c(nc(-c3ccccc3)c1[N+](=O)[O-])CCCC2. The van der Waals surface area contributed by atoms with E-state index in [9.17, 15) is 14.9 Å². The number of ether oxygens (including phenoxy) is 1. The maximum Gasteiger partial charge on any atom is 0.345 e. The summed E-state index contributed by atoms with van der Waals surface area (Å²) in [4.78, 5) is 28.3. The zero-order valence-electron chi connectivity index (χ0n) is 13.4. The quantitative estimate of drug-likeness (QED) is 0.486. The number of fused-ring (bicyclic) bond motifs is 1. The van der Waals surface area contributed by atoms with E-state index in [0.717, 1.165) is 25.0 Å². The average molecular weight is 326 g/mol. The third-order valence-electron chi connectivity index (χ3n) is 4.16. The third kappa shape index (κ3) is 2.87. The first kappa shape index (κ1) is 16.1. The van der Waals surface area contributed by atoms with Gasteiger partial charge in [0.25, 0.3) is 0 Å². The van der Waals surface area contributed by atoms with Crippen molar-refractivity contribution >= 4 is 11.7 Å². The molecule has 0 saturated carbocycles. The van der Waals surface area contributed by atoms with E-state index in [4.69, 9.17) is 4.74 Å². The van der Waals surface area contributed by atoms with Crippen LogP contribution in [-0.4, -0.2) is 22.5 Å². The molecule has 6 heteroatoms. The van der Waals surface area contributed by atoms with Gasteiger partial charge >= 0.3 is 11.7 Å². The highest BCUT2D eigenvalue weighted by molar-refractivity contribution is 5.99. The molecule has 0 atom stereocenters. The van der Waals surface area contributed by atoms with Crippen LogP contribution < -0.4 is 0 Å². The minimum absolute atomic E-state index is 0.0744. The maximum atomic E-state index is 12.5. The van der Waals surface area contributed by atoms with Crippen molar-refractivity contribution in [1.82, 2.24) is 4.98 Å². The highest BCUT2D eigenvalue weighted by Crippen LogP contribution is 2.37. The van der Waals surface area contributed by atoms with E-state index in [1.165, 1.54) is 0 Å². The number of esters is 1. The first-order valence-electron chi connectivity index (χ1n) is 8.06. The Morgan fingerprint density at radius 1 is 1.25 bits per heavy atom. The predicted molar refractivity (Wildman–Crippen MR) is 88.9 cm³/mol. The summed E-state index contributed by atoms with van der Waals surface area (Å²) in [7, 11) is 0. The number of pyridine rings is 1. The lowest BCUT2D eigenvalue weighted by Crippen LogP contribution is -2.18. The second-order valence-electron chi connectivity index (χ2n) is 5.66. The van der Waals surface area contributed by atoms with Gasteiger partial charge in [0.1, 0.15) is 11.3 Å². The molecule has 1 aromatic heterocycles. The maximum absolute atomic E-state index is 12.5. The van der Waals surface area contributed by atoms with Crippen LogP contribution in [0.1, 0.15) is 41.4 Å². The minimum Gasteiger partial charge on any atom is -0.462 e. The van der Waals surface area contributed by atoms with Gasteiger partial charge < -0.3 is 4.74 Å². The summed E-state index contributed by atoms with van der Waals surface area (Å²) in [5.74, 6) is -0.637. The number of nitro groups is 1. The second-order valence-corrected chi connectivity index (χ2v) is 5.66. The van der Waals surface area contributed by atoms with E-state index in [-0.39, 0.29) is 23.6 Å². The van der Waals surface area contributed by atoms with Crippen molar-refractivity contribution < 1.29 is 14.5 Å². The lowest BCUT2D eigenvalue weighted by Gasteiger charge is -2.19. The Labute approximate surface area is 139 Å². The molecule has 124 valence electrons. The summed E-state index contributed by atoms with van der Waals surface area (Å²) in [6.45, 7) is 1.86. The average Bonchev–Trinajstić information content (AvgIpc) is 2.60. The second kappa shape index (κ2) is 6.78. The van der Waals surface area contributed by atoms with Gasteiger partial charge in [-0.25, -0.2) is 9.78 Å². The monoisotopic (exact) mass is 326 g/mol. The fourth-order valence-corrected chi connectivity index (χ4v) is 3.13. The standard InChI is InChI=1S/C18H18N2O4/c1-2-24-18(21)15-13-10-6-7-11-14(13)19-16(17(15)20(22)23)12-8-4-3-5-9-12/h3-5,8-9H,2,6-7,10-11H2,1H3. The summed E-state index contributed by atoms with van der Waals surface area (Å²) in [6, 6.07) is 8.95. The van der Waals surface area contributed by atoms with Crippen molar-refractivity contribution in [1.29, 1.82) is 0 Å². The largest absolute Gasteiger partial charge is 0.462 e. The predicted octanol–water partition coefficient (Wildman–Crippen LogP) is 3.71. The van der Waals surface area contributed by atoms with Gasteiger partial charge in [-0.2, -0.15) is 0 Å². The topological polar surface area (TPSA) is 82.3 Å². The van der Waals surface area contributed by atoms with Gasteiger partial charge in [-0.05, 0) is 38.2 Å². The summed E-state index contributed by atoms with van der Waals surface area (Å²) in [5.41, 5.74) is 2.14. The molecule has 0 bridgehead atoms. The molecule has 0 saturated heterocycles. The van der Waals surface area contributed by atoms with Crippen molar-refractivity contribution in [2.75, 3.05) is 6.61 Å². The highest BCUT2D eigenvalue weighted by atomic mass is 16.6. The van der Waals surface area contributed by atoms with Crippen LogP contribution in [0.5, 0.6) is 0 Å². The number of hydrogen-bond donors (Lipinski definition) is 0. The number of carbonyl (C=O) groups excluding carboxylic acids is 1. The summed E-state index contributed by atoms with van der Waals surface area (Å²) in [5, 5.41) is 11.8. The van der Waals surface area contributed by atoms with Crippen LogP contribution >= 0.6 is 0 Å². The lowest BCUT2D eigenvalue weighted by atomic mass is 9.89. The van der Waals surface area contributed by atoms with Crippen molar-refractivity contribution in [2.45, 2.75) is 32.6 Å². The van der Waals surface area contributed by atoms with Crippen LogP contribution in [0.2, 0.25) is 0 Å². The number of nitrogens with zero attached hydrogens (tertiary/aromatic N) is 2. The van der Waals surface area contributed by atoms with E-state index < -0.39 is 10.9 Å². The molecular formula is C18H18N2O4. The molecule has 1 heterocycles. The molecule has 1 aliphatic rings. The molecule has 0 aliphatic heterocycles. The lowest BCUT2D eigenvalue weighted by molar-refractivity contribution is -0.384. The van der Waals surface area contributed by atoms with Gasteiger partial charge in [0.2, 0.25) is 0 Å². The summed E-state index contributed by atoms with van der Waals surface area (Å²) < 4.78 is 5.10. The number of aryl methyl sites for hydroxylation is 1. The molecule has 24 heavy (non-hydrogen) atoms. The van der Waals surface area contributed by atoms with Gasteiger partial charge in [0.15, 0.2) is 0 Å². The van der Waals surface area contributed by atoms with Crippen LogP contribution in [0, 0.1) is 10.1 Å². The molecular weight excluding hydrogens is 308 g/mol. The summed E-state index contributed by atoms with van der Waals surface area (Å²) >= 11 is 0. The highest BCUT2D eigenvalue weighted by Gasteiger charge is 2.34. The fraction of sp³-hybridized carbons (Fsp3) is 0.333. The Hall–Kier alpha value is -2.76.